The van der Waals surface area contributed by atoms with Crippen LogP contribution in [0.1, 0.15) is 16.8 Å². The van der Waals surface area contributed by atoms with Crippen molar-refractivity contribution in [3.63, 3.8) is 0 Å². The molecule has 2 aliphatic carbocycles. The second kappa shape index (κ2) is 4.62. The van der Waals surface area contributed by atoms with Crippen molar-refractivity contribution in [3.8, 4) is 0 Å². The number of benzene rings is 1. The van der Waals surface area contributed by atoms with Gasteiger partial charge in [-0.1, -0.05) is 12.1 Å². The molecule has 2 bridgehead atoms. The number of anilines is 1. The fourth-order valence-corrected chi connectivity index (χ4v) is 4.43. The molecule has 0 radical (unpaired) electrons. The van der Waals surface area contributed by atoms with Gasteiger partial charge < -0.3 is 20.1 Å². The van der Waals surface area contributed by atoms with Crippen molar-refractivity contribution < 1.29 is 29.7 Å². The molecule has 7 heteroatoms. The Kier molecular flexibility index (Phi) is 2.88. The minimum Gasteiger partial charge on any atom is -0.545 e. The van der Waals surface area contributed by atoms with Gasteiger partial charge in [0.1, 0.15) is 0 Å². The number of carbonyl (C=O) groups is 3. The second-order valence-electron chi connectivity index (χ2n) is 6.44. The summed E-state index contributed by atoms with van der Waals surface area (Å²) < 4.78 is 0. The lowest BCUT2D eigenvalue weighted by atomic mass is 9.78. The van der Waals surface area contributed by atoms with Gasteiger partial charge in [0.15, 0.2) is 0 Å². The summed E-state index contributed by atoms with van der Waals surface area (Å²) in [7, 11) is 0. The zero-order valence-electron chi connectivity index (χ0n) is 12.0. The molecule has 6 atom stereocenters. The topological polar surface area (TPSA) is 118 Å². The number of nitrogens with zero attached hydrogens (tertiary/aromatic N) is 1. The Morgan fingerprint density at radius 2 is 1.48 bits per heavy atom. The zero-order valence-corrected chi connectivity index (χ0v) is 12.0. The number of hydrogen-bond donors (Lipinski definition) is 2. The van der Waals surface area contributed by atoms with E-state index < -0.39 is 41.8 Å². The van der Waals surface area contributed by atoms with Gasteiger partial charge in [0.25, 0.3) is 0 Å². The van der Waals surface area contributed by atoms with Gasteiger partial charge in [-0.2, -0.15) is 0 Å². The molecule has 0 spiro atoms. The Balaban J connectivity index is 1.68. The summed E-state index contributed by atoms with van der Waals surface area (Å²) in [5, 5.41) is 30.8. The van der Waals surface area contributed by atoms with E-state index in [2.05, 4.69) is 0 Å². The first-order chi connectivity index (χ1) is 10.9. The molecule has 0 unspecified atom stereocenters. The highest BCUT2D eigenvalue weighted by Crippen LogP contribution is 2.56. The molecule has 2 amide bonds. The summed E-state index contributed by atoms with van der Waals surface area (Å²) in [6, 6.07) is 5.32. The summed E-state index contributed by atoms with van der Waals surface area (Å²) >= 11 is 0. The van der Waals surface area contributed by atoms with Gasteiger partial charge in [-0.25, -0.2) is 0 Å². The lowest BCUT2D eigenvalue weighted by molar-refractivity contribution is -0.255. The number of aromatic carboxylic acids is 1. The van der Waals surface area contributed by atoms with Gasteiger partial charge in [-0.3, -0.25) is 14.5 Å². The number of carbonyl (C=O) groups excluding carboxylic acids is 3. The molecule has 1 heterocycles. The summed E-state index contributed by atoms with van der Waals surface area (Å²) in [5.41, 5.74) is 0.252. The Morgan fingerprint density at radius 3 is 1.91 bits per heavy atom. The van der Waals surface area contributed by atoms with Gasteiger partial charge >= 0.3 is 0 Å². The normalized spacial score (nSPS) is 38.3. The molecule has 120 valence electrons. The molecule has 2 N–H and O–H groups in total. The van der Waals surface area contributed by atoms with E-state index in [0.717, 1.165) is 4.90 Å². The molecular formula is C16H14NO6-. The minimum atomic E-state index is -1.34. The van der Waals surface area contributed by atoms with Gasteiger partial charge in [0.2, 0.25) is 11.8 Å². The number of aliphatic hydroxyl groups excluding tert-OH is 2. The lowest BCUT2D eigenvalue weighted by Crippen LogP contribution is -2.43. The van der Waals surface area contributed by atoms with Crippen LogP contribution < -0.4 is 10.0 Å². The fourth-order valence-electron chi connectivity index (χ4n) is 4.43. The Bertz CT molecular complexity index is 682. The average molecular weight is 316 g/mol. The highest BCUT2D eigenvalue weighted by molar-refractivity contribution is 6.22. The summed E-state index contributed by atoms with van der Waals surface area (Å²) in [6.07, 6.45) is -1.47. The Labute approximate surface area is 131 Å². The van der Waals surface area contributed by atoms with Crippen molar-refractivity contribution in [1.82, 2.24) is 0 Å². The molecule has 4 rings (SSSR count). The van der Waals surface area contributed by atoms with Crippen LogP contribution in [0.15, 0.2) is 24.3 Å². The number of amides is 2. The van der Waals surface area contributed by atoms with Crippen LogP contribution >= 0.6 is 0 Å². The van der Waals surface area contributed by atoms with Crippen molar-refractivity contribution >= 4 is 23.5 Å². The number of imide groups is 1. The van der Waals surface area contributed by atoms with Crippen molar-refractivity contribution in [2.75, 3.05) is 4.90 Å². The number of hydrogen-bond acceptors (Lipinski definition) is 6. The molecule has 1 aromatic rings. The number of carboxylic acid groups (broad SMARTS) is 1. The third-order valence-electron chi connectivity index (χ3n) is 5.45. The van der Waals surface area contributed by atoms with Crippen LogP contribution in [0.2, 0.25) is 0 Å². The fraction of sp³-hybridized carbons (Fsp3) is 0.438. The maximum absolute atomic E-state index is 12.6. The maximum Gasteiger partial charge on any atom is 0.238 e. The van der Waals surface area contributed by atoms with Crippen molar-refractivity contribution in [2.24, 2.45) is 23.7 Å². The standard InChI is InChI=1S/C16H15NO6/c18-12-8-5-9(13(12)19)11-10(8)14(20)17(15(11)21)7-3-1-6(2-4-7)16(22)23/h1-4,8-13,18-19H,5H2,(H,22,23)/p-1/t8-,9+,10+,11-,12-,13-/m1/s1. The smallest absolute Gasteiger partial charge is 0.238 e. The van der Waals surface area contributed by atoms with Gasteiger partial charge in [0.05, 0.1) is 35.7 Å². The molecule has 1 saturated heterocycles. The number of fused-ring (bicyclic) bond motifs is 5. The largest absolute Gasteiger partial charge is 0.545 e. The van der Waals surface area contributed by atoms with E-state index in [-0.39, 0.29) is 17.4 Å². The first kappa shape index (κ1) is 14.3. The Hall–Kier alpha value is -2.25. The monoisotopic (exact) mass is 316 g/mol. The third kappa shape index (κ3) is 1.74. The summed E-state index contributed by atoms with van der Waals surface area (Å²) in [5.74, 6) is -4.12. The summed E-state index contributed by atoms with van der Waals surface area (Å²) in [6.45, 7) is 0. The van der Waals surface area contributed by atoms with Crippen LogP contribution in [0.25, 0.3) is 0 Å². The molecule has 2 saturated carbocycles. The van der Waals surface area contributed by atoms with Crippen molar-refractivity contribution in [1.29, 1.82) is 0 Å². The number of rotatable bonds is 2. The molecule has 1 aromatic carbocycles. The second-order valence-corrected chi connectivity index (χ2v) is 6.44. The van der Waals surface area contributed by atoms with Crippen LogP contribution in [0, 0.1) is 23.7 Å². The van der Waals surface area contributed by atoms with Crippen LogP contribution in [0.5, 0.6) is 0 Å². The van der Waals surface area contributed by atoms with Gasteiger partial charge in [-0.15, -0.1) is 0 Å². The molecular weight excluding hydrogens is 302 g/mol. The third-order valence-corrected chi connectivity index (χ3v) is 5.45. The quantitative estimate of drug-likeness (QED) is 0.643. The molecule has 3 aliphatic rings. The molecule has 0 aromatic heterocycles. The molecule has 3 fully saturated rings. The zero-order chi connectivity index (χ0) is 16.5. The summed E-state index contributed by atoms with van der Waals surface area (Å²) in [4.78, 5) is 37.1. The number of carboxylic acids is 1. The number of aliphatic hydroxyl groups is 2. The Morgan fingerprint density at radius 1 is 1.00 bits per heavy atom. The van der Waals surface area contributed by atoms with Crippen LogP contribution in [-0.4, -0.2) is 40.2 Å². The minimum absolute atomic E-state index is 0.0426. The first-order valence-corrected chi connectivity index (χ1v) is 7.47. The van der Waals surface area contributed by atoms with E-state index in [1.54, 1.807) is 0 Å². The van der Waals surface area contributed by atoms with E-state index in [1.165, 1.54) is 24.3 Å². The average Bonchev–Trinajstić information content (AvgIpc) is 3.12. The van der Waals surface area contributed by atoms with E-state index in [4.69, 9.17) is 0 Å². The molecule has 1 aliphatic heterocycles. The van der Waals surface area contributed by atoms with Crippen LogP contribution in [0.4, 0.5) is 5.69 Å². The van der Waals surface area contributed by atoms with Crippen molar-refractivity contribution in [3.05, 3.63) is 29.8 Å². The van der Waals surface area contributed by atoms with E-state index in [0.29, 0.717) is 12.1 Å². The first-order valence-electron chi connectivity index (χ1n) is 7.47. The SMILES string of the molecule is O=C([O-])c1ccc(N2C(=O)[C@@H]3[C@@H]4C[C@@H]([C@@H](O)[C@@H]4O)[C@@H]3C2=O)cc1. The predicted molar refractivity (Wildman–Crippen MR) is 73.9 cm³/mol. The van der Waals surface area contributed by atoms with E-state index in [1.807, 2.05) is 0 Å². The van der Waals surface area contributed by atoms with E-state index in [9.17, 15) is 29.7 Å². The van der Waals surface area contributed by atoms with Crippen LogP contribution in [0.3, 0.4) is 0 Å². The van der Waals surface area contributed by atoms with Crippen LogP contribution in [-0.2, 0) is 9.59 Å². The highest BCUT2D eigenvalue weighted by Gasteiger charge is 2.67. The molecule has 7 nitrogen and oxygen atoms in total. The lowest BCUT2D eigenvalue weighted by Gasteiger charge is -2.29. The van der Waals surface area contributed by atoms with E-state index >= 15 is 0 Å². The molecule has 23 heavy (non-hydrogen) atoms. The predicted octanol–water partition coefficient (Wildman–Crippen LogP) is -1.47. The van der Waals surface area contributed by atoms with Gasteiger partial charge in [0, 0.05) is 11.8 Å². The van der Waals surface area contributed by atoms with Crippen molar-refractivity contribution in [2.45, 2.75) is 18.6 Å². The maximum atomic E-state index is 12.6. The van der Waals surface area contributed by atoms with Gasteiger partial charge in [-0.05, 0) is 24.1 Å². The highest BCUT2D eigenvalue weighted by atomic mass is 16.4.